The standard InChI is InChI=1S/C14H14N2O2/c1-9-10(6-7-18-9)14-15-8-11-12(16-14)4-2-3-5-13(11)17/h6-8H,2-5H2,1H3. The highest BCUT2D eigenvalue weighted by Gasteiger charge is 2.19. The Kier molecular flexibility index (Phi) is 2.70. The normalized spacial score (nSPS) is 15.3. The second-order valence-corrected chi connectivity index (χ2v) is 4.57. The van der Waals surface area contributed by atoms with E-state index in [0.29, 0.717) is 17.8 Å². The van der Waals surface area contributed by atoms with Crippen molar-refractivity contribution in [1.82, 2.24) is 9.97 Å². The number of fused-ring (bicyclic) bond motifs is 1. The van der Waals surface area contributed by atoms with Gasteiger partial charge in [0.2, 0.25) is 0 Å². The van der Waals surface area contributed by atoms with Crippen molar-refractivity contribution >= 4 is 5.78 Å². The van der Waals surface area contributed by atoms with Gasteiger partial charge in [-0.25, -0.2) is 9.97 Å². The van der Waals surface area contributed by atoms with Crippen LogP contribution in [0.15, 0.2) is 22.9 Å². The molecule has 4 nitrogen and oxygen atoms in total. The van der Waals surface area contributed by atoms with Crippen LogP contribution in [-0.4, -0.2) is 15.8 Å². The first-order valence-electron chi connectivity index (χ1n) is 6.19. The summed E-state index contributed by atoms with van der Waals surface area (Å²) < 4.78 is 5.26. The van der Waals surface area contributed by atoms with Gasteiger partial charge in [0.1, 0.15) is 5.76 Å². The molecule has 0 atom stereocenters. The van der Waals surface area contributed by atoms with Crippen LogP contribution < -0.4 is 0 Å². The summed E-state index contributed by atoms with van der Waals surface area (Å²) in [5, 5.41) is 0. The Bertz CT molecular complexity index is 602. The number of furan rings is 1. The summed E-state index contributed by atoms with van der Waals surface area (Å²) in [5.74, 6) is 1.61. The van der Waals surface area contributed by atoms with E-state index in [1.165, 1.54) is 0 Å². The number of Topliss-reactive ketones (excluding diaryl/α,β-unsaturated/α-hetero) is 1. The van der Waals surface area contributed by atoms with Crippen LogP contribution in [0.4, 0.5) is 0 Å². The van der Waals surface area contributed by atoms with Gasteiger partial charge >= 0.3 is 0 Å². The fourth-order valence-electron chi connectivity index (χ4n) is 2.30. The SMILES string of the molecule is Cc1occc1-c1ncc2c(n1)CCCCC2=O. The van der Waals surface area contributed by atoms with Gasteiger partial charge in [-0.1, -0.05) is 0 Å². The molecule has 2 aromatic rings. The lowest BCUT2D eigenvalue weighted by Crippen LogP contribution is -2.05. The zero-order valence-electron chi connectivity index (χ0n) is 10.3. The Balaban J connectivity index is 2.08. The molecular formula is C14H14N2O2. The summed E-state index contributed by atoms with van der Waals surface area (Å²) in [6, 6.07) is 1.86. The van der Waals surface area contributed by atoms with E-state index < -0.39 is 0 Å². The van der Waals surface area contributed by atoms with Crippen LogP contribution in [0.3, 0.4) is 0 Å². The number of carbonyl (C=O) groups is 1. The first-order valence-corrected chi connectivity index (χ1v) is 6.19. The molecule has 0 bridgehead atoms. The quantitative estimate of drug-likeness (QED) is 0.721. The van der Waals surface area contributed by atoms with E-state index in [2.05, 4.69) is 9.97 Å². The molecule has 0 unspecified atom stereocenters. The average molecular weight is 242 g/mol. The third-order valence-corrected chi connectivity index (χ3v) is 3.34. The average Bonchev–Trinajstić information content (AvgIpc) is 2.71. The number of hydrogen-bond acceptors (Lipinski definition) is 4. The molecule has 0 aliphatic heterocycles. The molecule has 0 saturated heterocycles. The van der Waals surface area contributed by atoms with E-state index in [1.807, 2.05) is 13.0 Å². The second-order valence-electron chi connectivity index (χ2n) is 4.57. The summed E-state index contributed by atoms with van der Waals surface area (Å²) in [7, 11) is 0. The van der Waals surface area contributed by atoms with Crippen LogP contribution >= 0.6 is 0 Å². The van der Waals surface area contributed by atoms with E-state index in [9.17, 15) is 4.79 Å². The van der Waals surface area contributed by atoms with E-state index in [4.69, 9.17) is 4.42 Å². The maximum absolute atomic E-state index is 11.9. The van der Waals surface area contributed by atoms with Crippen LogP contribution in [0.2, 0.25) is 0 Å². The van der Waals surface area contributed by atoms with Gasteiger partial charge in [-0.2, -0.15) is 0 Å². The van der Waals surface area contributed by atoms with Crippen LogP contribution in [0.25, 0.3) is 11.4 Å². The fourth-order valence-corrected chi connectivity index (χ4v) is 2.30. The van der Waals surface area contributed by atoms with Crippen LogP contribution in [0, 0.1) is 6.92 Å². The van der Waals surface area contributed by atoms with E-state index in [-0.39, 0.29) is 5.78 Å². The van der Waals surface area contributed by atoms with Gasteiger partial charge in [-0.15, -0.1) is 0 Å². The molecule has 1 aliphatic carbocycles. The van der Waals surface area contributed by atoms with Crippen molar-refractivity contribution in [1.29, 1.82) is 0 Å². The molecule has 3 rings (SSSR count). The lowest BCUT2D eigenvalue weighted by atomic mass is 10.1. The third-order valence-electron chi connectivity index (χ3n) is 3.34. The summed E-state index contributed by atoms with van der Waals surface area (Å²) in [5.41, 5.74) is 2.47. The fraction of sp³-hybridized carbons (Fsp3) is 0.357. The molecule has 18 heavy (non-hydrogen) atoms. The lowest BCUT2D eigenvalue weighted by Gasteiger charge is -2.05. The maximum atomic E-state index is 11.9. The minimum absolute atomic E-state index is 0.165. The zero-order chi connectivity index (χ0) is 12.5. The number of hydrogen-bond donors (Lipinski definition) is 0. The van der Waals surface area contributed by atoms with Crippen LogP contribution in [-0.2, 0) is 6.42 Å². The number of carbonyl (C=O) groups excluding carboxylic acids is 1. The number of ketones is 1. The molecule has 0 aromatic carbocycles. The molecule has 2 heterocycles. The molecule has 0 spiro atoms. The van der Waals surface area contributed by atoms with E-state index in [0.717, 1.165) is 36.3 Å². The van der Waals surface area contributed by atoms with Gasteiger partial charge in [0.25, 0.3) is 0 Å². The van der Waals surface area contributed by atoms with Crippen molar-refractivity contribution in [3.63, 3.8) is 0 Å². The van der Waals surface area contributed by atoms with E-state index in [1.54, 1.807) is 12.5 Å². The van der Waals surface area contributed by atoms with Gasteiger partial charge in [-0.05, 0) is 32.3 Å². The monoisotopic (exact) mass is 242 g/mol. The highest BCUT2D eigenvalue weighted by Crippen LogP contribution is 2.24. The van der Waals surface area contributed by atoms with Crippen molar-refractivity contribution in [3.8, 4) is 11.4 Å². The highest BCUT2D eigenvalue weighted by atomic mass is 16.3. The van der Waals surface area contributed by atoms with Crippen LogP contribution in [0.5, 0.6) is 0 Å². The molecular weight excluding hydrogens is 228 g/mol. The molecule has 4 heteroatoms. The number of nitrogens with zero attached hydrogens (tertiary/aromatic N) is 2. The summed E-state index contributed by atoms with van der Waals surface area (Å²) in [4.78, 5) is 20.7. The van der Waals surface area contributed by atoms with Crippen molar-refractivity contribution < 1.29 is 9.21 Å². The molecule has 0 radical (unpaired) electrons. The smallest absolute Gasteiger partial charge is 0.166 e. The minimum Gasteiger partial charge on any atom is -0.469 e. The lowest BCUT2D eigenvalue weighted by molar-refractivity contribution is 0.0981. The Morgan fingerprint density at radius 2 is 2.06 bits per heavy atom. The minimum atomic E-state index is 0.165. The van der Waals surface area contributed by atoms with Crippen LogP contribution in [0.1, 0.15) is 41.1 Å². The van der Waals surface area contributed by atoms with Crippen molar-refractivity contribution in [2.45, 2.75) is 32.6 Å². The first kappa shape index (κ1) is 11.1. The summed E-state index contributed by atoms with van der Waals surface area (Å²) in [6.45, 7) is 1.88. The van der Waals surface area contributed by atoms with Gasteiger partial charge in [-0.3, -0.25) is 4.79 Å². The molecule has 0 amide bonds. The Morgan fingerprint density at radius 3 is 2.83 bits per heavy atom. The number of aromatic nitrogens is 2. The maximum Gasteiger partial charge on any atom is 0.166 e. The molecule has 0 fully saturated rings. The van der Waals surface area contributed by atoms with Crippen molar-refractivity contribution in [2.24, 2.45) is 0 Å². The van der Waals surface area contributed by atoms with Gasteiger partial charge in [0.15, 0.2) is 11.6 Å². The van der Waals surface area contributed by atoms with Crippen molar-refractivity contribution in [2.75, 3.05) is 0 Å². The number of aryl methyl sites for hydroxylation is 2. The Morgan fingerprint density at radius 1 is 1.22 bits per heavy atom. The predicted molar refractivity (Wildman–Crippen MR) is 66.4 cm³/mol. The van der Waals surface area contributed by atoms with Gasteiger partial charge < -0.3 is 4.42 Å². The molecule has 0 N–H and O–H groups in total. The third kappa shape index (κ3) is 1.83. The summed E-state index contributed by atoms with van der Waals surface area (Å²) in [6.07, 6.45) is 6.71. The topological polar surface area (TPSA) is 56.0 Å². The molecule has 92 valence electrons. The largest absolute Gasteiger partial charge is 0.469 e. The Hall–Kier alpha value is -1.97. The van der Waals surface area contributed by atoms with E-state index >= 15 is 0 Å². The zero-order valence-corrected chi connectivity index (χ0v) is 10.3. The van der Waals surface area contributed by atoms with Gasteiger partial charge in [0, 0.05) is 12.6 Å². The summed E-state index contributed by atoms with van der Waals surface area (Å²) >= 11 is 0. The molecule has 2 aromatic heterocycles. The number of rotatable bonds is 1. The second kappa shape index (κ2) is 4.37. The molecule has 0 saturated carbocycles. The first-order chi connectivity index (χ1) is 8.75. The Labute approximate surface area is 105 Å². The predicted octanol–water partition coefficient (Wildman–Crippen LogP) is 2.95. The van der Waals surface area contributed by atoms with Crippen molar-refractivity contribution in [3.05, 3.63) is 35.5 Å². The molecule has 1 aliphatic rings. The van der Waals surface area contributed by atoms with Gasteiger partial charge in [0.05, 0.1) is 23.1 Å². The highest BCUT2D eigenvalue weighted by molar-refractivity contribution is 5.97.